The van der Waals surface area contributed by atoms with Crippen molar-refractivity contribution in [3.8, 4) is 11.5 Å². The number of hydrogen-bond donors (Lipinski definition) is 1. The standard InChI is InChI=1S/C28H25ClN2O5S/c1-3-35-24-13-19(11-12-23(24)36-17-26(32)30-22-10-6-9-21(29)15-22)14-25-27(33)31(28(34)37-25)16-20-8-5-4-7-18(20)2/h4-15H,3,16-17H2,1-2H3,(H,30,32)/b25-14-. The molecule has 1 N–H and O–H groups in total. The second-order valence-corrected chi connectivity index (χ2v) is 9.61. The topological polar surface area (TPSA) is 84.9 Å². The first kappa shape index (κ1) is 26.3. The molecule has 0 aromatic heterocycles. The summed E-state index contributed by atoms with van der Waals surface area (Å²) in [5, 5.41) is 2.93. The van der Waals surface area contributed by atoms with E-state index in [4.69, 9.17) is 21.1 Å². The summed E-state index contributed by atoms with van der Waals surface area (Å²) in [7, 11) is 0. The number of nitrogens with one attached hydrogen (secondary N) is 1. The lowest BCUT2D eigenvalue weighted by molar-refractivity contribution is -0.123. The van der Waals surface area contributed by atoms with Crippen LogP contribution in [0.4, 0.5) is 10.5 Å². The Bertz CT molecular complexity index is 1370. The fraction of sp³-hybridized carbons (Fsp3) is 0.179. The van der Waals surface area contributed by atoms with Gasteiger partial charge in [-0.1, -0.05) is 48.0 Å². The largest absolute Gasteiger partial charge is 0.490 e. The Morgan fingerprint density at radius 2 is 1.84 bits per heavy atom. The third-order valence-corrected chi connectivity index (χ3v) is 6.64. The zero-order valence-corrected chi connectivity index (χ0v) is 21.9. The molecule has 0 spiro atoms. The molecule has 3 aromatic carbocycles. The van der Waals surface area contributed by atoms with E-state index in [1.165, 1.54) is 4.90 Å². The van der Waals surface area contributed by atoms with Crippen LogP contribution in [-0.4, -0.2) is 35.2 Å². The molecule has 4 rings (SSSR count). The van der Waals surface area contributed by atoms with Crippen molar-refractivity contribution in [3.05, 3.63) is 93.3 Å². The van der Waals surface area contributed by atoms with Crippen molar-refractivity contribution >= 4 is 52.2 Å². The number of carbonyl (C=O) groups is 3. The number of hydrogen-bond acceptors (Lipinski definition) is 6. The number of thioether (sulfide) groups is 1. The monoisotopic (exact) mass is 536 g/mol. The van der Waals surface area contributed by atoms with E-state index < -0.39 is 0 Å². The zero-order chi connectivity index (χ0) is 26.4. The van der Waals surface area contributed by atoms with E-state index in [0.29, 0.717) is 39.3 Å². The number of rotatable bonds is 9. The number of amides is 3. The molecule has 3 amide bonds. The molecule has 0 radical (unpaired) electrons. The molecule has 1 saturated heterocycles. The van der Waals surface area contributed by atoms with Crippen LogP contribution in [0, 0.1) is 6.92 Å². The van der Waals surface area contributed by atoms with E-state index in [1.54, 1.807) is 48.5 Å². The van der Waals surface area contributed by atoms with E-state index in [1.807, 2.05) is 38.1 Å². The Morgan fingerprint density at radius 1 is 1.03 bits per heavy atom. The summed E-state index contributed by atoms with van der Waals surface area (Å²) in [4.78, 5) is 39.4. The Labute approximate surface area is 224 Å². The van der Waals surface area contributed by atoms with Gasteiger partial charge in [-0.25, -0.2) is 0 Å². The lowest BCUT2D eigenvalue weighted by atomic mass is 10.1. The molecular formula is C28H25ClN2O5S. The van der Waals surface area contributed by atoms with Gasteiger partial charge in [0.15, 0.2) is 18.1 Å². The van der Waals surface area contributed by atoms with Crippen molar-refractivity contribution in [1.29, 1.82) is 0 Å². The first-order valence-electron chi connectivity index (χ1n) is 11.6. The number of aryl methyl sites for hydroxylation is 1. The molecule has 0 aliphatic carbocycles. The maximum Gasteiger partial charge on any atom is 0.293 e. The van der Waals surface area contributed by atoms with E-state index in [9.17, 15) is 14.4 Å². The molecule has 3 aromatic rings. The Balaban J connectivity index is 1.45. The lowest BCUT2D eigenvalue weighted by Crippen LogP contribution is -2.27. The Kier molecular flexibility index (Phi) is 8.53. The van der Waals surface area contributed by atoms with Crippen LogP contribution in [0.15, 0.2) is 71.6 Å². The zero-order valence-electron chi connectivity index (χ0n) is 20.3. The summed E-state index contributed by atoms with van der Waals surface area (Å²) in [5.41, 5.74) is 3.17. The number of imide groups is 1. The van der Waals surface area contributed by atoms with Gasteiger partial charge in [-0.15, -0.1) is 0 Å². The summed E-state index contributed by atoms with van der Waals surface area (Å²) < 4.78 is 11.4. The maximum atomic E-state index is 13.0. The average Bonchev–Trinajstić information content (AvgIpc) is 3.12. The van der Waals surface area contributed by atoms with Gasteiger partial charge >= 0.3 is 0 Å². The Hall–Kier alpha value is -3.75. The first-order chi connectivity index (χ1) is 17.8. The van der Waals surface area contributed by atoms with Crippen molar-refractivity contribution in [2.45, 2.75) is 20.4 Å². The van der Waals surface area contributed by atoms with Crippen LogP contribution in [0.3, 0.4) is 0 Å². The SMILES string of the molecule is CCOc1cc(/C=C2\SC(=O)N(Cc3ccccc3C)C2=O)ccc1OCC(=O)Nc1cccc(Cl)c1. The third kappa shape index (κ3) is 6.72. The van der Waals surface area contributed by atoms with E-state index in [2.05, 4.69) is 5.32 Å². The second-order valence-electron chi connectivity index (χ2n) is 8.18. The first-order valence-corrected chi connectivity index (χ1v) is 12.8. The van der Waals surface area contributed by atoms with Gasteiger partial charge in [-0.05, 0) is 78.7 Å². The quantitative estimate of drug-likeness (QED) is 0.323. The van der Waals surface area contributed by atoms with E-state index in [0.717, 1.165) is 22.9 Å². The lowest BCUT2D eigenvalue weighted by Gasteiger charge is -2.14. The molecule has 0 atom stereocenters. The predicted octanol–water partition coefficient (Wildman–Crippen LogP) is 6.30. The molecule has 1 aliphatic rings. The van der Waals surface area contributed by atoms with Crippen molar-refractivity contribution in [2.24, 2.45) is 0 Å². The summed E-state index contributed by atoms with van der Waals surface area (Å²) in [5.74, 6) is 0.115. The number of benzene rings is 3. The van der Waals surface area contributed by atoms with Gasteiger partial charge in [0.1, 0.15) is 0 Å². The summed E-state index contributed by atoms with van der Waals surface area (Å²) >= 11 is 6.86. The van der Waals surface area contributed by atoms with Crippen molar-refractivity contribution in [3.63, 3.8) is 0 Å². The van der Waals surface area contributed by atoms with Crippen molar-refractivity contribution in [1.82, 2.24) is 4.90 Å². The molecule has 37 heavy (non-hydrogen) atoms. The van der Waals surface area contributed by atoms with E-state index >= 15 is 0 Å². The molecule has 9 heteroatoms. The number of nitrogens with zero attached hydrogens (tertiary/aromatic N) is 1. The molecule has 1 fully saturated rings. The molecule has 190 valence electrons. The highest BCUT2D eigenvalue weighted by molar-refractivity contribution is 8.18. The minimum atomic E-state index is -0.351. The molecular weight excluding hydrogens is 512 g/mol. The fourth-order valence-electron chi connectivity index (χ4n) is 3.65. The van der Waals surface area contributed by atoms with Crippen LogP contribution in [-0.2, 0) is 16.1 Å². The summed E-state index contributed by atoms with van der Waals surface area (Å²) in [6.45, 7) is 4.15. The number of carbonyl (C=O) groups excluding carboxylic acids is 3. The molecule has 7 nitrogen and oxygen atoms in total. The Morgan fingerprint density at radius 3 is 2.59 bits per heavy atom. The van der Waals surface area contributed by atoms with Gasteiger partial charge in [0.25, 0.3) is 17.1 Å². The molecule has 0 saturated carbocycles. The van der Waals surface area contributed by atoms with E-state index in [-0.39, 0.29) is 30.2 Å². The minimum Gasteiger partial charge on any atom is -0.490 e. The van der Waals surface area contributed by atoms with Gasteiger partial charge in [0, 0.05) is 10.7 Å². The molecule has 1 aliphatic heterocycles. The van der Waals surface area contributed by atoms with Crippen LogP contribution < -0.4 is 14.8 Å². The van der Waals surface area contributed by atoms with Gasteiger partial charge in [-0.3, -0.25) is 19.3 Å². The predicted molar refractivity (Wildman–Crippen MR) is 146 cm³/mol. The highest BCUT2D eigenvalue weighted by atomic mass is 35.5. The molecule has 0 unspecified atom stereocenters. The van der Waals surface area contributed by atoms with Crippen molar-refractivity contribution < 1.29 is 23.9 Å². The highest BCUT2D eigenvalue weighted by Gasteiger charge is 2.35. The summed E-state index contributed by atoms with van der Waals surface area (Å²) in [6.07, 6.45) is 1.65. The minimum absolute atomic E-state index is 0.225. The fourth-order valence-corrected chi connectivity index (χ4v) is 4.68. The smallest absolute Gasteiger partial charge is 0.293 e. The van der Waals surface area contributed by atoms with Crippen LogP contribution in [0.5, 0.6) is 11.5 Å². The summed E-state index contributed by atoms with van der Waals surface area (Å²) in [6, 6.07) is 19.6. The number of halogens is 1. The molecule has 0 bridgehead atoms. The van der Waals surface area contributed by atoms with Gasteiger partial charge in [0.2, 0.25) is 0 Å². The maximum absolute atomic E-state index is 13.0. The van der Waals surface area contributed by atoms with Crippen LogP contribution in [0.2, 0.25) is 5.02 Å². The van der Waals surface area contributed by atoms with Gasteiger partial charge in [-0.2, -0.15) is 0 Å². The van der Waals surface area contributed by atoms with Gasteiger partial charge in [0.05, 0.1) is 18.1 Å². The van der Waals surface area contributed by atoms with Crippen LogP contribution in [0.1, 0.15) is 23.6 Å². The number of anilines is 1. The average molecular weight is 537 g/mol. The second kappa shape index (κ2) is 12.0. The third-order valence-electron chi connectivity index (χ3n) is 5.50. The molecule has 1 heterocycles. The highest BCUT2D eigenvalue weighted by Crippen LogP contribution is 2.35. The normalized spacial score (nSPS) is 14.2. The van der Waals surface area contributed by atoms with Crippen LogP contribution >= 0.6 is 23.4 Å². The van der Waals surface area contributed by atoms with Crippen molar-refractivity contribution in [2.75, 3.05) is 18.5 Å². The van der Waals surface area contributed by atoms with Gasteiger partial charge < -0.3 is 14.8 Å². The van der Waals surface area contributed by atoms with Crippen LogP contribution in [0.25, 0.3) is 6.08 Å². The number of ether oxygens (including phenoxy) is 2.